The van der Waals surface area contributed by atoms with Crippen LogP contribution in [0.3, 0.4) is 0 Å². The molecule has 5 aromatic carbocycles. The molecule has 2 aromatic heterocycles. The third-order valence-electron chi connectivity index (χ3n) is 6.20. The highest BCUT2D eigenvalue weighted by Crippen LogP contribution is 2.40. The Morgan fingerprint density at radius 3 is 2.13 bits per heavy atom. The van der Waals surface area contributed by atoms with E-state index >= 15 is 0 Å². The van der Waals surface area contributed by atoms with Crippen molar-refractivity contribution < 1.29 is 0 Å². The van der Waals surface area contributed by atoms with Crippen molar-refractivity contribution in [3.63, 3.8) is 0 Å². The predicted molar refractivity (Wildman–Crippen MR) is 132 cm³/mol. The number of para-hydroxylation sites is 1. The zero-order chi connectivity index (χ0) is 19.7. The van der Waals surface area contributed by atoms with Crippen molar-refractivity contribution in [2.45, 2.75) is 0 Å². The molecule has 0 bridgehead atoms. The van der Waals surface area contributed by atoms with Crippen LogP contribution < -0.4 is 0 Å². The van der Waals surface area contributed by atoms with E-state index in [1.54, 1.807) is 0 Å². The molecule has 0 unspecified atom stereocenters. The first-order valence-corrected chi connectivity index (χ1v) is 11.0. The van der Waals surface area contributed by atoms with Crippen molar-refractivity contribution in [1.82, 2.24) is 4.98 Å². The van der Waals surface area contributed by atoms with Crippen LogP contribution >= 0.6 is 11.3 Å². The number of aromatic nitrogens is 1. The summed E-state index contributed by atoms with van der Waals surface area (Å²) >= 11 is 1.88. The van der Waals surface area contributed by atoms with E-state index in [9.17, 15) is 0 Å². The smallest absolute Gasteiger partial charge is 0.0465 e. The van der Waals surface area contributed by atoms with E-state index in [4.69, 9.17) is 0 Å². The Morgan fingerprint density at radius 2 is 1.20 bits per heavy atom. The van der Waals surface area contributed by atoms with E-state index in [-0.39, 0.29) is 0 Å². The molecule has 0 saturated carbocycles. The topological polar surface area (TPSA) is 15.8 Å². The van der Waals surface area contributed by atoms with Crippen molar-refractivity contribution in [3.8, 4) is 11.1 Å². The van der Waals surface area contributed by atoms with Crippen LogP contribution in [0.2, 0.25) is 0 Å². The Morgan fingerprint density at radius 1 is 0.500 bits per heavy atom. The van der Waals surface area contributed by atoms with Crippen LogP contribution in [0, 0.1) is 0 Å². The average molecular weight is 400 g/mol. The number of nitrogens with one attached hydrogen (secondary N) is 1. The van der Waals surface area contributed by atoms with Gasteiger partial charge in [-0.15, -0.1) is 11.3 Å². The van der Waals surface area contributed by atoms with Gasteiger partial charge < -0.3 is 4.98 Å². The lowest BCUT2D eigenvalue weighted by molar-refractivity contribution is 1.54. The zero-order valence-corrected chi connectivity index (χ0v) is 17.0. The summed E-state index contributed by atoms with van der Waals surface area (Å²) in [5, 5.41) is 7.93. The van der Waals surface area contributed by atoms with E-state index in [1.165, 1.54) is 63.9 Å². The van der Waals surface area contributed by atoms with Crippen molar-refractivity contribution in [3.05, 3.63) is 97.1 Å². The molecule has 0 aliphatic rings. The van der Waals surface area contributed by atoms with Gasteiger partial charge in [0.15, 0.2) is 0 Å². The number of rotatable bonds is 1. The van der Waals surface area contributed by atoms with Gasteiger partial charge in [0, 0.05) is 42.0 Å². The second kappa shape index (κ2) is 5.94. The predicted octanol–water partition coefficient (Wildman–Crippen LogP) is 8.51. The summed E-state index contributed by atoms with van der Waals surface area (Å²) in [5.41, 5.74) is 4.90. The Balaban J connectivity index is 1.52. The summed E-state index contributed by atoms with van der Waals surface area (Å²) in [7, 11) is 0. The first-order valence-electron chi connectivity index (χ1n) is 10.2. The van der Waals surface area contributed by atoms with E-state index in [0.29, 0.717) is 0 Å². The summed E-state index contributed by atoms with van der Waals surface area (Å²) in [6.45, 7) is 0. The van der Waals surface area contributed by atoms with Crippen LogP contribution in [0.25, 0.3) is 63.9 Å². The Kier molecular flexibility index (Phi) is 3.21. The minimum Gasteiger partial charge on any atom is -0.355 e. The summed E-state index contributed by atoms with van der Waals surface area (Å²) in [5.74, 6) is 0. The molecule has 1 nitrogen and oxygen atoms in total. The van der Waals surface area contributed by atoms with Gasteiger partial charge in [-0.3, -0.25) is 0 Å². The fourth-order valence-corrected chi connectivity index (χ4v) is 5.86. The molecule has 0 aliphatic carbocycles. The monoisotopic (exact) mass is 399 g/mol. The zero-order valence-electron chi connectivity index (χ0n) is 16.1. The molecule has 0 atom stereocenters. The molecule has 0 aliphatic heterocycles. The molecule has 0 spiro atoms. The maximum atomic E-state index is 3.53. The maximum absolute atomic E-state index is 3.53. The molecule has 0 radical (unpaired) electrons. The van der Waals surface area contributed by atoms with Gasteiger partial charge in [-0.2, -0.15) is 0 Å². The highest BCUT2D eigenvalue weighted by molar-refractivity contribution is 7.26. The minimum atomic E-state index is 1.19. The number of H-pyrrole nitrogens is 1. The number of benzene rings is 5. The lowest BCUT2D eigenvalue weighted by Gasteiger charge is -2.04. The molecule has 0 saturated heterocycles. The standard InChI is InChI=1S/C28H17NS/c1-2-6-20-17(5-1)10-14-27-28(20)23-16-19(11-13-26(23)30-27)18-9-12-25-22(15-18)21-7-3-4-8-24(21)29-25/h1-16,29H. The molecule has 7 aromatic rings. The second-order valence-electron chi connectivity index (χ2n) is 7.90. The number of fused-ring (bicyclic) bond motifs is 8. The minimum absolute atomic E-state index is 1.19. The Hall–Kier alpha value is -3.62. The van der Waals surface area contributed by atoms with Gasteiger partial charge in [-0.1, -0.05) is 60.7 Å². The lowest BCUT2D eigenvalue weighted by atomic mass is 9.99. The molecule has 140 valence electrons. The average Bonchev–Trinajstić information content (AvgIpc) is 3.36. The van der Waals surface area contributed by atoms with Crippen molar-refractivity contribution in [2.75, 3.05) is 0 Å². The van der Waals surface area contributed by atoms with Crippen molar-refractivity contribution >= 4 is 64.1 Å². The quantitative estimate of drug-likeness (QED) is 0.285. The maximum Gasteiger partial charge on any atom is 0.0465 e. The Labute approximate surface area is 177 Å². The van der Waals surface area contributed by atoms with E-state index in [0.717, 1.165) is 0 Å². The number of aromatic amines is 1. The highest BCUT2D eigenvalue weighted by atomic mass is 32.1. The van der Waals surface area contributed by atoms with Crippen molar-refractivity contribution in [1.29, 1.82) is 0 Å². The normalized spacial score (nSPS) is 12.0. The van der Waals surface area contributed by atoms with Gasteiger partial charge in [0.05, 0.1) is 0 Å². The number of thiophene rings is 1. The summed E-state index contributed by atoms with van der Waals surface area (Å²) in [6.07, 6.45) is 0. The van der Waals surface area contributed by atoms with Gasteiger partial charge in [-0.05, 0) is 58.3 Å². The molecule has 0 amide bonds. The van der Waals surface area contributed by atoms with Crippen LogP contribution in [0.5, 0.6) is 0 Å². The first-order chi connectivity index (χ1) is 14.8. The molecular weight excluding hydrogens is 382 g/mol. The summed E-state index contributed by atoms with van der Waals surface area (Å²) in [6, 6.07) is 35.4. The van der Waals surface area contributed by atoms with Crippen LogP contribution in [-0.4, -0.2) is 4.98 Å². The van der Waals surface area contributed by atoms with Gasteiger partial charge in [0.1, 0.15) is 0 Å². The molecule has 7 rings (SSSR count). The fraction of sp³-hybridized carbons (Fsp3) is 0. The highest BCUT2D eigenvalue weighted by Gasteiger charge is 2.11. The molecule has 2 heterocycles. The molecule has 1 N–H and O–H groups in total. The van der Waals surface area contributed by atoms with Gasteiger partial charge in [0.25, 0.3) is 0 Å². The van der Waals surface area contributed by atoms with Crippen LogP contribution in [0.1, 0.15) is 0 Å². The molecule has 30 heavy (non-hydrogen) atoms. The number of hydrogen-bond donors (Lipinski definition) is 1. The largest absolute Gasteiger partial charge is 0.355 e. The lowest BCUT2D eigenvalue weighted by Crippen LogP contribution is -1.79. The third kappa shape index (κ3) is 2.23. The summed E-state index contributed by atoms with van der Waals surface area (Å²) in [4.78, 5) is 3.53. The SMILES string of the molecule is c1ccc2c(c1)ccc1sc3ccc(-c4ccc5[nH]c6ccccc6c5c4)cc3c12. The third-order valence-corrected chi connectivity index (χ3v) is 7.34. The molecule has 2 heteroatoms. The van der Waals surface area contributed by atoms with E-state index in [1.807, 2.05) is 11.3 Å². The molecular formula is C28H17NS. The van der Waals surface area contributed by atoms with Gasteiger partial charge in [-0.25, -0.2) is 0 Å². The first kappa shape index (κ1) is 16.2. The fourth-order valence-electron chi connectivity index (χ4n) is 4.75. The van der Waals surface area contributed by atoms with Crippen LogP contribution in [0.15, 0.2) is 97.1 Å². The van der Waals surface area contributed by atoms with Crippen LogP contribution in [-0.2, 0) is 0 Å². The van der Waals surface area contributed by atoms with Gasteiger partial charge >= 0.3 is 0 Å². The van der Waals surface area contributed by atoms with E-state index < -0.39 is 0 Å². The second-order valence-corrected chi connectivity index (χ2v) is 8.99. The molecule has 0 fully saturated rings. The summed E-state index contributed by atoms with van der Waals surface area (Å²) < 4.78 is 2.70. The number of hydrogen-bond acceptors (Lipinski definition) is 1. The van der Waals surface area contributed by atoms with E-state index in [2.05, 4.69) is 102 Å². The Bertz CT molecular complexity index is 1750. The van der Waals surface area contributed by atoms with Crippen LogP contribution in [0.4, 0.5) is 0 Å². The van der Waals surface area contributed by atoms with Crippen molar-refractivity contribution in [2.24, 2.45) is 0 Å². The van der Waals surface area contributed by atoms with Gasteiger partial charge in [0.2, 0.25) is 0 Å².